The van der Waals surface area contributed by atoms with E-state index in [0.717, 1.165) is 24.3 Å². The Balaban J connectivity index is 2.96. The summed E-state index contributed by atoms with van der Waals surface area (Å²) in [5, 5.41) is 0. The smallest absolute Gasteiger partial charge is 0.325 e. The molecule has 0 saturated carbocycles. The number of rotatable bonds is 3. The maximum absolute atomic E-state index is 13.1. The lowest BCUT2D eigenvalue weighted by atomic mass is 10.1. The van der Waals surface area contributed by atoms with Crippen LogP contribution >= 0.6 is 11.8 Å². The van der Waals surface area contributed by atoms with Crippen molar-refractivity contribution in [3.8, 4) is 0 Å². The molecule has 0 aliphatic heterocycles. The van der Waals surface area contributed by atoms with E-state index in [1.807, 2.05) is 0 Å². The number of halogens is 5. The van der Waals surface area contributed by atoms with Crippen LogP contribution < -0.4 is 5.73 Å². The lowest BCUT2D eigenvalue weighted by molar-refractivity contribution is -0.0329. The summed E-state index contributed by atoms with van der Waals surface area (Å²) in [5.74, 6) is -3.30. The summed E-state index contributed by atoms with van der Waals surface area (Å²) in [6, 6.07) is 4.11. The SMILES string of the molecule is NCC(F)(F)c1cccc(SC(F)(F)F)c1. The Bertz CT molecular complexity index is 363. The van der Waals surface area contributed by atoms with Gasteiger partial charge in [-0.1, -0.05) is 12.1 Å². The highest BCUT2D eigenvalue weighted by Gasteiger charge is 2.32. The molecule has 0 amide bonds. The van der Waals surface area contributed by atoms with E-state index < -0.39 is 35.3 Å². The molecule has 7 heteroatoms. The molecule has 0 fully saturated rings. The van der Waals surface area contributed by atoms with Gasteiger partial charge in [0, 0.05) is 10.5 Å². The van der Waals surface area contributed by atoms with Crippen LogP contribution in [0.5, 0.6) is 0 Å². The van der Waals surface area contributed by atoms with Gasteiger partial charge in [-0.2, -0.15) is 22.0 Å². The Morgan fingerprint density at radius 1 is 1.12 bits per heavy atom. The lowest BCUT2D eigenvalue weighted by Gasteiger charge is -2.15. The second-order valence-electron chi connectivity index (χ2n) is 2.98. The average molecular weight is 257 g/mol. The van der Waals surface area contributed by atoms with E-state index in [1.165, 1.54) is 0 Å². The van der Waals surface area contributed by atoms with Crippen LogP contribution in [-0.2, 0) is 5.92 Å². The fourth-order valence-electron chi connectivity index (χ4n) is 1.04. The molecule has 0 aliphatic rings. The van der Waals surface area contributed by atoms with Crippen molar-refractivity contribution in [3.63, 3.8) is 0 Å². The lowest BCUT2D eigenvalue weighted by Crippen LogP contribution is -2.25. The first-order valence-corrected chi connectivity index (χ1v) is 5.00. The molecule has 1 aromatic rings. The summed E-state index contributed by atoms with van der Waals surface area (Å²) in [7, 11) is 0. The zero-order chi connectivity index (χ0) is 12.4. The third-order valence-electron chi connectivity index (χ3n) is 1.75. The molecule has 0 atom stereocenters. The summed E-state index contributed by atoms with van der Waals surface area (Å²) in [4.78, 5) is -0.280. The van der Waals surface area contributed by atoms with Crippen molar-refractivity contribution in [3.05, 3.63) is 29.8 Å². The maximum Gasteiger partial charge on any atom is 0.446 e. The number of nitrogens with two attached hydrogens (primary N) is 1. The first kappa shape index (κ1) is 13.2. The first-order chi connectivity index (χ1) is 7.24. The maximum atomic E-state index is 13.1. The minimum atomic E-state index is -4.49. The molecule has 2 N–H and O–H groups in total. The van der Waals surface area contributed by atoms with Crippen LogP contribution in [0.4, 0.5) is 22.0 Å². The van der Waals surface area contributed by atoms with Gasteiger partial charge in [0.15, 0.2) is 0 Å². The van der Waals surface area contributed by atoms with Crippen molar-refractivity contribution < 1.29 is 22.0 Å². The van der Waals surface area contributed by atoms with Crippen LogP contribution in [0.2, 0.25) is 0 Å². The first-order valence-electron chi connectivity index (χ1n) is 4.19. The molecule has 1 nitrogen and oxygen atoms in total. The van der Waals surface area contributed by atoms with Crippen molar-refractivity contribution in [2.24, 2.45) is 5.73 Å². The predicted octanol–water partition coefficient (Wildman–Crippen LogP) is 3.35. The number of benzene rings is 1. The summed E-state index contributed by atoms with van der Waals surface area (Å²) < 4.78 is 62.2. The summed E-state index contributed by atoms with van der Waals surface area (Å²) in [5.41, 5.74) is -0.163. The van der Waals surface area contributed by atoms with Gasteiger partial charge in [-0.05, 0) is 23.9 Å². The van der Waals surface area contributed by atoms with E-state index in [2.05, 4.69) is 0 Å². The van der Waals surface area contributed by atoms with Gasteiger partial charge < -0.3 is 5.73 Å². The standard InChI is InChI=1S/C9H8F5NS/c10-8(11,5-15)6-2-1-3-7(4-6)16-9(12,13)14/h1-4H,5,15H2. The van der Waals surface area contributed by atoms with E-state index in [9.17, 15) is 22.0 Å². The molecule has 0 aromatic heterocycles. The highest BCUT2D eigenvalue weighted by Crippen LogP contribution is 2.38. The van der Waals surface area contributed by atoms with Gasteiger partial charge in [0.1, 0.15) is 0 Å². The average Bonchev–Trinajstić information content (AvgIpc) is 2.15. The molecule has 0 aliphatic carbocycles. The van der Waals surface area contributed by atoms with Gasteiger partial charge in [0.2, 0.25) is 0 Å². The zero-order valence-corrected chi connectivity index (χ0v) is 8.71. The normalized spacial score (nSPS) is 12.9. The molecule has 0 spiro atoms. The molecule has 0 heterocycles. The van der Waals surface area contributed by atoms with Crippen LogP contribution in [0.1, 0.15) is 5.56 Å². The summed E-state index contributed by atoms with van der Waals surface area (Å²) in [6.07, 6.45) is 0. The van der Waals surface area contributed by atoms with E-state index in [-0.39, 0.29) is 4.90 Å². The highest BCUT2D eigenvalue weighted by atomic mass is 32.2. The van der Waals surface area contributed by atoms with Gasteiger partial charge in [0.25, 0.3) is 5.92 Å². The van der Waals surface area contributed by atoms with Gasteiger partial charge in [0.05, 0.1) is 6.54 Å². The second kappa shape index (κ2) is 4.58. The third kappa shape index (κ3) is 3.64. The third-order valence-corrected chi connectivity index (χ3v) is 2.47. The highest BCUT2D eigenvalue weighted by molar-refractivity contribution is 8.00. The van der Waals surface area contributed by atoms with Gasteiger partial charge in [-0.15, -0.1) is 0 Å². The predicted molar refractivity (Wildman–Crippen MR) is 51.3 cm³/mol. The largest absolute Gasteiger partial charge is 0.446 e. The van der Waals surface area contributed by atoms with Crippen molar-refractivity contribution >= 4 is 11.8 Å². The zero-order valence-electron chi connectivity index (χ0n) is 7.89. The van der Waals surface area contributed by atoms with Gasteiger partial charge >= 0.3 is 5.51 Å². The van der Waals surface area contributed by atoms with Crippen molar-refractivity contribution in [1.29, 1.82) is 0 Å². The van der Waals surface area contributed by atoms with Crippen molar-refractivity contribution in [2.45, 2.75) is 16.3 Å². The Morgan fingerprint density at radius 2 is 1.75 bits per heavy atom. The Labute approximate surface area is 92.8 Å². The summed E-state index contributed by atoms with van der Waals surface area (Å²) in [6.45, 7) is -0.937. The molecule has 1 rings (SSSR count). The molecule has 0 unspecified atom stereocenters. The Hall–Kier alpha value is -0.820. The van der Waals surface area contributed by atoms with Crippen LogP contribution in [-0.4, -0.2) is 12.1 Å². The van der Waals surface area contributed by atoms with E-state index >= 15 is 0 Å². The fraction of sp³-hybridized carbons (Fsp3) is 0.333. The monoisotopic (exact) mass is 257 g/mol. The molecular weight excluding hydrogens is 249 g/mol. The molecule has 0 saturated heterocycles. The number of alkyl halides is 5. The second-order valence-corrected chi connectivity index (χ2v) is 4.12. The molecule has 90 valence electrons. The topological polar surface area (TPSA) is 26.0 Å². The minimum absolute atomic E-state index is 0.280. The van der Waals surface area contributed by atoms with Crippen LogP contribution in [0, 0.1) is 0 Å². The van der Waals surface area contributed by atoms with E-state index in [1.54, 1.807) is 0 Å². The molecular formula is C9H8F5NS. The van der Waals surface area contributed by atoms with Crippen molar-refractivity contribution in [2.75, 3.05) is 6.54 Å². The fourth-order valence-corrected chi connectivity index (χ4v) is 1.64. The molecule has 1 aromatic carbocycles. The van der Waals surface area contributed by atoms with E-state index in [4.69, 9.17) is 5.73 Å². The Kier molecular flexibility index (Phi) is 3.80. The molecule has 0 bridgehead atoms. The quantitative estimate of drug-likeness (QED) is 0.663. The Morgan fingerprint density at radius 3 is 2.25 bits per heavy atom. The minimum Gasteiger partial charge on any atom is -0.325 e. The van der Waals surface area contributed by atoms with Gasteiger partial charge in [-0.25, -0.2) is 0 Å². The van der Waals surface area contributed by atoms with E-state index in [0.29, 0.717) is 0 Å². The number of hydrogen-bond donors (Lipinski definition) is 1. The van der Waals surface area contributed by atoms with Gasteiger partial charge in [-0.3, -0.25) is 0 Å². The number of thioether (sulfide) groups is 1. The number of hydrogen-bond acceptors (Lipinski definition) is 2. The molecule has 0 radical (unpaired) electrons. The van der Waals surface area contributed by atoms with Crippen LogP contribution in [0.15, 0.2) is 29.2 Å². The van der Waals surface area contributed by atoms with Crippen molar-refractivity contribution in [1.82, 2.24) is 0 Å². The molecule has 16 heavy (non-hydrogen) atoms. The summed E-state index contributed by atoms with van der Waals surface area (Å²) >= 11 is -0.433. The van der Waals surface area contributed by atoms with Crippen LogP contribution in [0.3, 0.4) is 0 Å². The van der Waals surface area contributed by atoms with Crippen LogP contribution in [0.25, 0.3) is 0 Å².